The van der Waals surface area contributed by atoms with E-state index in [1.807, 2.05) is 43.5 Å². The Morgan fingerprint density at radius 3 is 2.64 bits per heavy atom. The summed E-state index contributed by atoms with van der Waals surface area (Å²) in [6.45, 7) is 2.47. The second-order valence-corrected chi connectivity index (χ2v) is 6.73. The van der Waals surface area contributed by atoms with Crippen LogP contribution in [0.4, 0.5) is 8.78 Å². The van der Waals surface area contributed by atoms with Gasteiger partial charge in [-0.05, 0) is 43.7 Å². The van der Waals surface area contributed by atoms with Gasteiger partial charge in [-0.2, -0.15) is 13.9 Å². The monoisotopic (exact) mass is 571 g/mol. The zero-order chi connectivity index (χ0) is 22.8. The first-order valence-electron chi connectivity index (χ1n) is 10.4. The largest absolute Gasteiger partial charge is 0.490 e. The van der Waals surface area contributed by atoms with Gasteiger partial charge in [0.2, 0.25) is 0 Å². The lowest BCUT2D eigenvalue weighted by atomic mass is 10.2. The molecular formula is C23H28F2IN5O2. The Hall–Kier alpha value is -2.89. The summed E-state index contributed by atoms with van der Waals surface area (Å²) in [4.78, 5) is 4.62. The molecule has 0 bridgehead atoms. The minimum Gasteiger partial charge on any atom is -0.490 e. The molecule has 0 spiro atoms. The van der Waals surface area contributed by atoms with E-state index >= 15 is 0 Å². The highest BCUT2D eigenvalue weighted by atomic mass is 127. The number of nitrogens with zero attached hydrogens (tertiary/aromatic N) is 3. The smallest absolute Gasteiger partial charge is 0.387 e. The number of aromatic nitrogens is 2. The molecule has 2 aromatic carbocycles. The quantitative estimate of drug-likeness (QED) is 0.209. The van der Waals surface area contributed by atoms with Crippen molar-refractivity contribution in [3.8, 4) is 17.2 Å². The SMILES string of the molecule is CCNC(=NCc1cccc(-n2cccn2)c1)NCc1cccc(OCC)c1OC(F)F.I. The molecule has 0 unspecified atom stereocenters. The van der Waals surface area contributed by atoms with Crippen LogP contribution in [0, 0.1) is 0 Å². The van der Waals surface area contributed by atoms with Crippen molar-refractivity contribution in [1.82, 2.24) is 20.4 Å². The van der Waals surface area contributed by atoms with Gasteiger partial charge in [0.05, 0.1) is 18.8 Å². The lowest BCUT2D eigenvalue weighted by Crippen LogP contribution is -2.36. The van der Waals surface area contributed by atoms with Crippen molar-refractivity contribution in [2.75, 3.05) is 13.2 Å². The number of alkyl halides is 2. The molecule has 1 aromatic heterocycles. The van der Waals surface area contributed by atoms with Crippen LogP contribution >= 0.6 is 24.0 Å². The maximum atomic E-state index is 12.9. The first kappa shape index (κ1) is 26.4. The minimum absolute atomic E-state index is 0. The van der Waals surface area contributed by atoms with E-state index in [9.17, 15) is 8.78 Å². The number of rotatable bonds is 10. The van der Waals surface area contributed by atoms with Crippen LogP contribution in [0.15, 0.2) is 65.9 Å². The van der Waals surface area contributed by atoms with Crippen LogP contribution in [0.5, 0.6) is 11.5 Å². The van der Waals surface area contributed by atoms with E-state index in [4.69, 9.17) is 9.47 Å². The third kappa shape index (κ3) is 7.88. The van der Waals surface area contributed by atoms with Crippen LogP contribution in [0.3, 0.4) is 0 Å². The molecule has 178 valence electrons. The molecule has 0 atom stereocenters. The molecule has 0 aliphatic rings. The van der Waals surface area contributed by atoms with E-state index in [2.05, 4.69) is 20.7 Å². The van der Waals surface area contributed by atoms with E-state index < -0.39 is 6.61 Å². The molecule has 0 aliphatic carbocycles. The van der Waals surface area contributed by atoms with Crippen LogP contribution in [-0.4, -0.2) is 35.5 Å². The van der Waals surface area contributed by atoms with E-state index in [1.54, 1.807) is 36.0 Å². The summed E-state index contributed by atoms with van der Waals surface area (Å²) in [5, 5.41) is 10.6. The Morgan fingerprint density at radius 2 is 1.94 bits per heavy atom. The molecule has 3 aromatic rings. The maximum absolute atomic E-state index is 12.9. The Bertz CT molecular complexity index is 1020. The Morgan fingerprint density at radius 1 is 1.12 bits per heavy atom. The van der Waals surface area contributed by atoms with Gasteiger partial charge in [0.15, 0.2) is 17.5 Å². The van der Waals surface area contributed by atoms with Crippen molar-refractivity contribution >= 4 is 29.9 Å². The zero-order valence-electron chi connectivity index (χ0n) is 18.5. The summed E-state index contributed by atoms with van der Waals surface area (Å²) in [6.07, 6.45) is 3.61. The van der Waals surface area contributed by atoms with Crippen LogP contribution in [0.25, 0.3) is 5.69 Å². The Kier molecular flexibility index (Phi) is 10.9. The molecule has 0 saturated heterocycles. The van der Waals surface area contributed by atoms with Gasteiger partial charge >= 0.3 is 6.61 Å². The van der Waals surface area contributed by atoms with Gasteiger partial charge < -0.3 is 20.1 Å². The predicted molar refractivity (Wildman–Crippen MR) is 135 cm³/mol. The number of nitrogens with one attached hydrogen (secondary N) is 2. The second kappa shape index (κ2) is 13.6. The molecule has 0 amide bonds. The number of aliphatic imine (C=N–C) groups is 1. The fraction of sp³-hybridized carbons (Fsp3) is 0.304. The third-order valence-electron chi connectivity index (χ3n) is 4.46. The molecule has 2 N–H and O–H groups in total. The first-order valence-corrected chi connectivity index (χ1v) is 10.4. The average molecular weight is 571 g/mol. The van der Waals surface area contributed by atoms with Crippen LogP contribution in [0.1, 0.15) is 25.0 Å². The van der Waals surface area contributed by atoms with E-state index in [1.165, 1.54) is 0 Å². The molecule has 0 radical (unpaired) electrons. The van der Waals surface area contributed by atoms with Gasteiger partial charge in [-0.1, -0.05) is 24.3 Å². The molecule has 10 heteroatoms. The van der Waals surface area contributed by atoms with Gasteiger partial charge in [-0.15, -0.1) is 24.0 Å². The van der Waals surface area contributed by atoms with Crippen molar-refractivity contribution in [2.45, 2.75) is 33.5 Å². The van der Waals surface area contributed by atoms with Gasteiger partial charge in [-0.25, -0.2) is 9.67 Å². The number of para-hydroxylation sites is 1. The number of halogens is 3. The topological polar surface area (TPSA) is 72.7 Å². The maximum Gasteiger partial charge on any atom is 0.387 e. The second-order valence-electron chi connectivity index (χ2n) is 6.73. The van der Waals surface area contributed by atoms with Crippen molar-refractivity contribution < 1.29 is 18.3 Å². The van der Waals surface area contributed by atoms with Crippen molar-refractivity contribution in [3.05, 3.63) is 72.1 Å². The molecule has 7 nitrogen and oxygen atoms in total. The Labute approximate surface area is 209 Å². The fourth-order valence-corrected chi connectivity index (χ4v) is 3.10. The summed E-state index contributed by atoms with van der Waals surface area (Å²) in [6, 6.07) is 14.9. The van der Waals surface area contributed by atoms with E-state index in [0.717, 1.165) is 11.3 Å². The number of ether oxygens (including phenoxy) is 2. The molecule has 0 fully saturated rings. The van der Waals surface area contributed by atoms with E-state index in [-0.39, 0.29) is 42.0 Å². The van der Waals surface area contributed by atoms with E-state index in [0.29, 0.717) is 31.2 Å². The molecule has 33 heavy (non-hydrogen) atoms. The van der Waals surface area contributed by atoms with Crippen LogP contribution in [-0.2, 0) is 13.1 Å². The summed E-state index contributed by atoms with van der Waals surface area (Å²) < 4.78 is 37.8. The molecule has 0 saturated carbocycles. The van der Waals surface area contributed by atoms with Gasteiger partial charge in [0.1, 0.15) is 0 Å². The molecular weight excluding hydrogens is 543 g/mol. The summed E-state index contributed by atoms with van der Waals surface area (Å²) >= 11 is 0. The summed E-state index contributed by atoms with van der Waals surface area (Å²) in [5.41, 5.74) is 2.50. The van der Waals surface area contributed by atoms with Crippen LogP contribution < -0.4 is 20.1 Å². The lowest BCUT2D eigenvalue weighted by molar-refractivity contribution is -0.0520. The summed E-state index contributed by atoms with van der Waals surface area (Å²) in [7, 11) is 0. The first-order chi connectivity index (χ1) is 15.6. The van der Waals surface area contributed by atoms with Crippen LogP contribution in [0.2, 0.25) is 0 Å². The van der Waals surface area contributed by atoms with Crippen molar-refractivity contribution in [2.24, 2.45) is 4.99 Å². The standard InChI is InChI=1S/C23H27F2N5O2.HI/c1-3-26-23(27-15-17-8-5-10-19(14-17)30-13-7-12-29-30)28-16-18-9-6-11-20(31-4-2)21(18)32-22(24)25;/h5-14,22H,3-4,15-16H2,1-2H3,(H2,26,27,28);1H. The number of benzene rings is 2. The lowest BCUT2D eigenvalue weighted by Gasteiger charge is -2.17. The fourth-order valence-electron chi connectivity index (χ4n) is 3.10. The van der Waals surface area contributed by atoms with Crippen molar-refractivity contribution in [3.63, 3.8) is 0 Å². The molecule has 0 aliphatic heterocycles. The highest BCUT2D eigenvalue weighted by Gasteiger charge is 2.16. The highest BCUT2D eigenvalue weighted by molar-refractivity contribution is 14.0. The summed E-state index contributed by atoms with van der Waals surface area (Å²) in [5.74, 6) is 0.867. The van der Waals surface area contributed by atoms with Gasteiger partial charge in [0, 0.05) is 31.0 Å². The van der Waals surface area contributed by atoms with Gasteiger partial charge in [0.25, 0.3) is 0 Å². The number of hydrogen-bond donors (Lipinski definition) is 2. The third-order valence-corrected chi connectivity index (χ3v) is 4.46. The zero-order valence-corrected chi connectivity index (χ0v) is 20.8. The Balaban J connectivity index is 0.00000385. The normalized spacial score (nSPS) is 11.1. The molecule has 3 rings (SSSR count). The van der Waals surface area contributed by atoms with Crippen molar-refractivity contribution in [1.29, 1.82) is 0 Å². The minimum atomic E-state index is -2.95. The van der Waals surface area contributed by atoms with Gasteiger partial charge in [-0.3, -0.25) is 0 Å². The highest BCUT2D eigenvalue weighted by Crippen LogP contribution is 2.32. The number of guanidine groups is 1. The molecule has 1 heterocycles. The number of hydrogen-bond acceptors (Lipinski definition) is 4. The predicted octanol–water partition coefficient (Wildman–Crippen LogP) is 4.75. The average Bonchev–Trinajstić information content (AvgIpc) is 3.32.